The number of hydrogen-bond acceptors (Lipinski definition) is 4. The molecule has 4 heterocycles. The topological polar surface area (TPSA) is 76.3 Å². The molecule has 3 aromatic heterocycles. The number of hydrogen-bond donors (Lipinski definition) is 2. The van der Waals surface area contributed by atoms with Crippen LogP contribution < -0.4 is 5.32 Å². The highest BCUT2D eigenvalue weighted by atomic mass is 15.3. The maximum absolute atomic E-state index is 4.47. The first-order chi connectivity index (χ1) is 12.9. The van der Waals surface area contributed by atoms with Crippen LogP contribution in [0.15, 0.2) is 42.9 Å². The van der Waals surface area contributed by atoms with Crippen LogP contribution in [0.5, 0.6) is 0 Å². The molecule has 0 spiro atoms. The second-order valence-corrected chi connectivity index (χ2v) is 6.78. The Bertz CT molecular complexity index is 1040. The number of H-pyrrole nitrogens is 1. The van der Waals surface area contributed by atoms with Crippen molar-refractivity contribution in [1.29, 1.82) is 0 Å². The molecule has 4 aromatic rings. The smallest absolute Gasteiger partial charge is 0.154 e. The molecule has 26 heavy (non-hydrogen) atoms. The van der Waals surface area contributed by atoms with Gasteiger partial charge >= 0.3 is 0 Å². The van der Waals surface area contributed by atoms with Crippen LogP contribution in [0.25, 0.3) is 10.9 Å². The first-order valence-electron chi connectivity index (χ1n) is 9.09. The largest absolute Gasteiger partial charge is 0.378 e. The average molecular weight is 347 g/mol. The third-order valence-corrected chi connectivity index (χ3v) is 5.04. The lowest BCUT2D eigenvalue weighted by molar-refractivity contribution is 0.496. The highest BCUT2D eigenvalue weighted by Gasteiger charge is 2.16. The van der Waals surface area contributed by atoms with Crippen molar-refractivity contribution >= 4 is 16.6 Å². The number of fused-ring (bicyclic) bond motifs is 2. The van der Waals surface area contributed by atoms with Gasteiger partial charge in [-0.2, -0.15) is 5.10 Å². The molecule has 5 rings (SSSR count). The molecule has 0 amide bonds. The van der Waals surface area contributed by atoms with Gasteiger partial charge in [-0.3, -0.25) is 4.68 Å². The van der Waals surface area contributed by atoms with E-state index in [0.717, 1.165) is 42.4 Å². The quantitative estimate of drug-likeness (QED) is 0.582. The van der Waals surface area contributed by atoms with Crippen LogP contribution in [-0.4, -0.2) is 29.5 Å². The van der Waals surface area contributed by atoms with Crippen LogP contribution >= 0.6 is 0 Å². The van der Waals surface area contributed by atoms with Crippen LogP contribution in [0.2, 0.25) is 0 Å². The van der Waals surface area contributed by atoms with E-state index < -0.39 is 0 Å². The average Bonchev–Trinajstić information content (AvgIpc) is 3.40. The first kappa shape index (κ1) is 15.2. The van der Waals surface area contributed by atoms with Crippen LogP contribution in [0.3, 0.4) is 0 Å². The fourth-order valence-corrected chi connectivity index (χ4v) is 3.67. The number of aryl methyl sites for hydroxylation is 1. The molecule has 1 aliphatic rings. The molecule has 1 aromatic carbocycles. The van der Waals surface area contributed by atoms with Gasteiger partial charge in [0.2, 0.25) is 0 Å². The van der Waals surface area contributed by atoms with E-state index in [1.54, 1.807) is 0 Å². The number of anilines is 1. The van der Waals surface area contributed by atoms with Gasteiger partial charge in [-0.15, -0.1) is 10.2 Å². The normalized spacial score (nSPS) is 13.8. The monoisotopic (exact) mass is 347 g/mol. The van der Waals surface area contributed by atoms with Crippen LogP contribution in [0.4, 0.5) is 5.69 Å². The SMILES string of the molecule is c1cc(CNc2cnn(Cc3nnc4n3CCCC4)c2)c2cc[nH]c2c1. The highest BCUT2D eigenvalue weighted by Crippen LogP contribution is 2.19. The zero-order valence-corrected chi connectivity index (χ0v) is 14.5. The van der Waals surface area contributed by atoms with Crippen molar-refractivity contribution in [1.82, 2.24) is 29.5 Å². The minimum absolute atomic E-state index is 0.655. The van der Waals surface area contributed by atoms with Crippen molar-refractivity contribution in [3.8, 4) is 0 Å². The Balaban J connectivity index is 1.28. The molecular weight excluding hydrogens is 326 g/mol. The molecule has 7 heteroatoms. The van der Waals surface area contributed by atoms with Crippen molar-refractivity contribution in [3.63, 3.8) is 0 Å². The van der Waals surface area contributed by atoms with Gasteiger partial charge in [-0.1, -0.05) is 12.1 Å². The zero-order valence-electron chi connectivity index (χ0n) is 14.5. The molecule has 0 atom stereocenters. The standard InChI is InChI=1S/C19H21N7/c1-2-9-26-18(6-1)23-24-19(26)13-25-12-15(11-22-25)21-10-14-4-3-5-17-16(14)7-8-20-17/h3-5,7-8,11-12,20-21H,1-2,6,9-10,13H2. The summed E-state index contributed by atoms with van der Waals surface area (Å²) >= 11 is 0. The van der Waals surface area contributed by atoms with E-state index in [2.05, 4.69) is 54.4 Å². The van der Waals surface area contributed by atoms with Gasteiger partial charge in [0.05, 0.1) is 11.9 Å². The molecule has 132 valence electrons. The minimum Gasteiger partial charge on any atom is -0.378 e. The maximum atomic E-state index is 4.47. The van der Waals surface area contributed by atoms with Gasteiger partial charge in [0.1, 0.15) is 12.4 Å². The molecule has 0 saturated heterocycles. The summed E-state index contributed by atoms with van der Waals surface area (Å²) < 4.78 is 4.16. The summed E-state index contributed by atoms with van der Waals surface area (Å²) in [5.41, 5.74) is 3.44. The number of aromatic nitrogens is 6. The lowest BCUT2D eigenvalue weighted by Crippen LogP contribution is -2.15. The van der Waals surface area contributed by atoms with E-state index >= 15 is 0 Å². The molecule has 0 bridgehead atoms. The second-order valence-electron chi connectivity index (χ2n) is 6.78. The van der Waals surface area contributed by atoms with Crippen molar-refractivity contribution < 1.29 is 0 Å². The van der Waals surface area contributed by atoms with Crippen molar-refractivity contribution in [2.24, 2.45) is 0 Å². The fraction of sp³-hybridized carbons (Fsp3) is 0.316. The Morgan fingerprint density at radius 1 is 1.15 bits per heavy atom. The van der Waals surface area contributed by atoms with E-state index in [1.165, 1.54) is 23.8 Å². The molecule has 2 N–H and O–H groups in total. The van der Waals surface area contributed by atoms with Gasteiger partial charge in [-0.05, 0) is 30.5 Å². The van der Waals surface area contributed by atoms with Gasteiger partial charge in [0, 0.05) is 42.8 Å². The minimum atomic E-state index is 0.655. The Morgan fingerprint density at radius 2 is 2.15 bits per heavy atom. The predicted molar refractivity (Wildman–Crippen MR) is 99.9 cm³/mol. The molecule has 0 unspecified atom stereocenters. The van der Waals surface area contributed by atoms with E-state index in [9.17, 15) is 0 Å². The number of benzene rings is 1. The summed E-state index contributed by atoms with van der Waals surface area (Å²) in [5.74, 6) is 2.10. The third-order valence-electron chi connectivity index (χ3n) is 5.04. The van der Waals surface area contributed by atoms with Crippen molar-refractivity contribution in [2.45, 2.75) is 38.9 Å². The van der Waals surface area contributed by atoms with Gasteiger partial charge < -0.3 is 14.9 Å². The summed E-state index contributed by atoms with van der Waals surface area (Å²) in [6.45, 7) is 2.44. The number of nitrogens with one attached hydrogen (secondary N) is 2. The molecule has 0 fully saturated rings. The Kier molecular flexibility index (Phi) is 3.70. The van der Waals surface area contributed by atoms with Crippen molar-refractivity contribution in [3.05, 3.63) is 60.1 Å². The Hall–Kier alpha value is -3.09. The van der Waals surface area contributed by atoms with E-state index in [1.807, 2.05) is 23.3 Å². The lowest BCUT2D eigenvalue weighted by Gasteiger charge is -2.14. The molecule has 0 radical (unpaired) electrons. The second kappa shape index (κ2) is 6.33. The zero-order chi connectivity index (χ0) is 17.3. The number of rotatable bonds is 5. The number of aromatic amines is 1. The summed E-state index contributed by atoms with van der Waals surface area (Å²) in [7, 11) is 0. The highest BCUT2D eigenvalue weighted by molar-refractivity contribution is 5.83. The van der Waals surface area contributed by atoms with Gasteiger partial charge in [-0.25, -0.2) is 0 Å². The molecule has 0 saturated carbocycles. The summed E-state index contributed by atoms with van der Waals surface area (Å²) in [4.78, 5) is 3.25. The van der Waals surface area contributed by atoms with Gasteiger partial charge in [0.25, 0.3) is 0 Å². The van der Waals surface area contributed by atoms with Crippen LogP contribution in [0, 0.1) is 0 Å². The van der Waals surface area contributed by atoms with E-state index in [-0.39, 0.29) is 0 Å². The Labute approximate surface area is 151 Å². The summed E-state index contributed by atoms with van der Waals surface area (Å²) in [5, 5.41) is 17.9. The molecule has 7 nitrogen and oxygen atoms in total. The predicted octanol–water partition coefficient (Wildman–Crippen LogP) is 2.95. The van der Waals surface area contributed by atoms with Crippen LogP contribution in [0.1, 0.15) is 30.1 Å². The molecule has 0 aliphatic carbocycles. The van der Waals surface area contributed by atoms with Gasteiger partial charge in [0.15, 0.2) is 5.82 Å². The van der Waals surface area contributed by atoms with E-state index in [0.29, 0.717) is 6.54 Å². The first-order valence-corrected chi connectivity index (χ1v) is 9.09. The summed E-state index contributed by atoms with van der Waals surface area (Å²) in [6, 6.07) is 8.43. The summed E-state index contributed by atoms with van der Waals surface area (Å²) in [6.07, 6.45) is 9.32. The van der Waals surface area contributed by atoms with Crippen molar-refractivity contribution in [2.75, 3.05) is 5.32 Å². The maximum Gasteiger partial charge on any atom is 0.154 e. The third kappa shape index (κ3) is 2.75. The fourth-order valence-electron chi connectivity index (χ4n) is 3.67. The van der Waals surface area contributed by atoms with Crippen LogP contribution in [-0.2, 0) is 26.1 Å². The van der Waals surface area contributed by atoms with E-state index in [4.69, 9.17) is 0 Å². The molecule has 1 aliphatic heterocycles. The lowest BCUT2D eigenvalue weighted by atomic mass is 10.1. The number of nitrogens with zero attached hydrogens (tertiary/aromatic N) is 5. The molecular formula is C19H21N7. The Morgan fingerprint density at radius 3 is 3.15 bits per heavy atom.